The molecule has 2 aromatic rings. The largest absolute Gasteiger partial charge is 0.493 e. The minimum absolute atomic E-state index is 0.131. The highest BCUT2D eigenvalue weighted by Gasteiger charge is 2.24. The van der Waals surface area contributed by atoms with Crippen LogP contribution in [0.1, 0.15) is 37.7 Å². The Bertz CT molecular complexity index is 982. The molecule has 0 aromatic heterocycles. The zero-order valence-corrected chi connectivity index (χ0v) is 18.9. The lowest BCUT2D eigenvalue weighted by atomic mass is 10.1. The van der Waals surface area contributed by atoms with E-state index in [1.807, 2.05) is 0 Å². The third-order valence-corrected chi connectivity index (χ3v) is 7.35. The molecule has 8 heteroatoms. The number of hydrogen-bond donors (Lipinski definition) is 1. The fourth-order valence-electron chi connectivity index (χ4n) is 3.65. The molecule has 2 aromatic carbocycles. The maximum absolute atomic E-state index is 12.9. The molecule has 1 aliphatic rings. The number of carbonyl (C=O) groups excluding carboxylic acids is 1. The second kappa shape index (κ2) is 10.6. The van der Waals surface area contributed by atoms with E-state index in [2.05, 4.69) is 5.32 Å². The second-order valence-corrected chi connectivity index (χ2v) is 9.52. The third-order valence-electron chi connectivity index (χ3n) is 5.43. The van der Waals surface area contributed by atoms with Gasteiger partial charge in [0.2, 0.25) is 15.9 Å². The Morgan fingerprint density at radius 3 is 2.19 bits per heavy atom. The van der Waals surface area contributed by atoms with Gasteiger partial charge in [0, 0.05) is 31.3 Å². The number of anilines is 1. The van der Waals surface area contributed by atoms with Crippen molar-refractivity contribution in [3.8, 4) is 11.5 Å². The van der Waals surface area contributed by atoms with E-state index in [4.69, 9.17) is 9.47 Å². The number of carbonyl (C=O) groups is 1. The molecule has 0 spiro atoms. The number of nitrogens with one attached hydrogen (secondary N) is 1. The third kappa shape index (κ3) is 5.98. The average molecular weight is 447 g/mol. The number of methoxy groups -OCH3 is 2. The van der Waals surface area contributed by atoms with Crippen molar-refractivity contribution < 1.29 is 22.7 Å². The van der Waals surface area contributed by atoms with Crippen molar-refractivity contribution in [1.82, 2.24) is 4.31 Å². The first-order chi connectivity index (χ1) is 14.9. The summed E-state index contributed by atoms with van der Waals surface area (Å²) in [6, 6.07) is 12.0. The van der Waals surface area contributed by atoms with Crippen LogP contribution in [-0.2, 0) is 21.2 Å². The van der Waals surface area contributed by atoms with Crippen molar-refractivity contribution in [3.05, 3.63) is 48.0 Å². The lowest BCUT2D eigenvalue weighted by molar-refractivity contribution is -0.116. The summed E-state index contributed by atoms with van der Waals surface area (Å²) in [6.07, 6.45) is 4.78. The number of sulfonamides is 1. The van der Waals surface area contributed by atoms with Crippen molar-refractivity contribution in [2.45, 2.75) is 43.4 Å². The lowest BCUT2D eigenvalue weighted by Gasteiger charge is -2.20. The van der Waals surface area contributed by atoms with Crippen LogP contribution in [0.15, 0.2) is 47.4 Å². The number of rotatable bonds is 8. The van der Waals surface area contributed by atoms with E-state index in [1.54, 1.807) is 61.0 Å². The predicted octanol–water partition coefficient (Wildman–Crippen LogP) is 3.84. The molecule has 168 valence electrons. The summed E-state index contributed by atoms with van der Waals surface area (Å²) in [5.74, 6) is 1.01. The summed E-state index contributed by atoms with van der Waals surface area (Å²) < 4.78 is 37.8. The SMILES string of the molecule is COc1ccc(NC(=O)CCc2ccc(S(=O)(=O)N3CCCCCC3)cc2)cc1OC. The quantitative estimate of drug-likeness (QED) is 0.666. The number of nitrogens with zero attached hydrogens (tertiary/aromatic N) is 1. The molecule has 1 aliphatic heterocycles. The van der Waals surface area contributed by atoms with Crippen LogP contribution in [0, 0.1) is 0 Å². The highest BCUT2D eigenvalue weighted by molar-refractivity contribution is 7.89. The molecule has 1 heterocycles. The normalized spacial score (nSPS) is 15.2. The van der Waals surface area contributed by atoms with E-state index in [-0.39, 0.29) is 12.3 Å². The number of ether oxygens (including phenoxy) is 2. The predicted molar refractivity (Wildman–Crippen MR) is 120 cm³/mol. The summed E-state index contributed by atoms with van der Waals surface area (Å²) >= 11 is 0. The minimum atomic E-state index is -3.45. The molecule has 0 aliphatic carbocycles. The highest BCUT2D eigenvalue weighted by Crippen LogP contribution is 2.29. The van der Waals surface area contributed by atoms with E-state index >= 15 is 0 Å². The Hall–Kier alpha value is -2.58. The fourth-order valence-corrected chi connectivity index (χ4v) is 5.17. The molecule has 0 bridgehead atoms. The molecule has 1 fully saturated rings. The van der Waals surface area contributed by atoms with Gasteiger partial charge in [-0.1, -0.05) is 25.0 Å². The average Bonchev–Trinajstić information content (AvgIpc) is 3.08. The Morgan fingerprint density at radius 1 is 0.935 bits per heavy atom. The summed E-state index contributed by atoms with van der Waals surface area (Å²) in [4.78, 5) is 12.6. The topological polar surface area (TPSA) is 84.9 Å². The van der Waals surface area contributed by atoms with Gasteiger partial charge in [-0.2, -0.15) is 4.31 Å². The molecule has 31 heavy (non-hydrogen) atoms. The van der Waals surface area contributed by atoms with Gasteiger partial charge in [-0.25, -0.2) is 8.42 Å². The highest BCUT2D eigenvalue weighted by atomic mass is 32.2. The number of aryl methyl sites for hydroxylation is 1. The van der Waals surface area contributed by atoms with Gasteiger partial charge in [-0.3, -0.25) is 4.79 Å². The molecule has 0 radical (unpaired) electrons. The number of amides is 1. The van der Waals surface area contributed by atoms with E-state index in [0.717, 1.165) is 31.2 Å². The first kappa shape index (κ1) is 23.1. The van der Waals surface area contributed by atoms with Crippen molar-refractivity contribution in [2.75, 3.05) is 32.6 Å². The van der Waals surface area contributed by atoms with Crippen LogP contribution in [0.3, 0.4) is 0 Å². The molecule has 1 saturated heterocycles. The van der Waals surface area contributed by atoms with Gasteiger partial charge in [0.25, 0.3) is 0 Å². The van der Waals surface area contributed by atoms with Crippen LogP contribution in [0.5, 0.6) is 11.5 Å². The standard InChI is InChI=1S/C23H30N2O5S/c1-29-21-13-10-19(17-22(21)30-2)24-23(26)14-9-18-7-11-20(12-8-18)31(27,28)25-15-5-3-4-6-16-25/h7-8,10-13,17H,3-6,9,14-16H2,1-2H3,(H,24,26). The zero-order chi connectivity index (χ0) is 22.3. The second-order valence-electron chi connectivity index (χ2n) is 7.58. The summed E-state index contributed by atoms with van der Waals surface area (Å²) in [6.45, 7) is 1.17. The Kier molecular flexibility index (Phi) is 7.92. The van der Waals surface area contributed by atoms with Gasteiger partial charge < -0.3 is 14.8 Å². The molecule has 3 rings (SSSR count). The van der Waals surface area contributed by atoms with E-state index in [9.17, 15) is 13.2 Å². The maximum atomic E-state index is 12.9. The molecule has 0 unspecified atom stereocenters. The van der Waals surface area contributed by atoms with Crippen molar-refractivity contribution >= 4 is 21.6 Å². The minimum Gasteiger partial charge on any atom is -0.493 e. The van der Waals surface area contributed by atoms with Gasteiger partial charge in [-0.15, -0.1) is 0 Å². The van der Waals surface area contributed by atoms with Gasteiger partial charge in [0.05, 0.1) is 19.1 Å². The van der Waals surface area contributed by atoms with E-state index in [1.165, 1.54) is 0 Å². The van der Waals surface area contributed by atoms with Crippen LogP contribution in [-0.4, -0.2) is 45.9 Å². The molecule has 0 atom stereocenters. The van der Waals surface area contributed by atoms with Crippen LogP contribution >= 0.6 is 0 Å². The van der Waals surface area contributed by atoms with Gasteiger partial charge in [0.15, 0.2) is 11.5 Å². The summed E-state index contributed by atoms with van der Waals surface area (Å²) in [5, 5.41) is 2.85. The molecule has 1 amide bonds. The van der Waals surface area contributed by atoms with E-state index in [0.29, 0.717) is 41.6 Å². The lowest BCUT2D eigenvalue weighted by Crippen LogP contribution is -2.31. The molecule has 0 saturated carbocycles. The summed E-state index contributed by atoms with van der Waals surface area (Å²) in [7, 11) is -0.357. The number of hydrogen-bond acceptors (Lipinski definition) is 5. The number of benzene rings is 2. The molecular formula is C23H30N2O5S. The maximum Gasteiger partial charge on any atom is 0.243 e. The molecular weight excluding hydrogens is 416 g/mol. The smallest absolute Gasteiger partial charge is 0.243 e. The Morgan fingerprint density at radius 2 is 1.58 bits per heavy atom. The van der Waals surface area contributed by atoms with Crippen LogP contribution in [0.25, 0.3) is 0 Å². The van der Waals surface area contributed by atoms with Crippen LogP contribution < -0.4 is 14.8 Å². The van der Waals surface area contributed by atoms with Crippen LogP contribution in [0.4, 0.5) is 5.69 Å². The first-order valence-corrected chi connectivity index (χ1v) is 12.0. The monoisotopic (exact) mass is 446 g/mol. The van der Waals surface area contributed by atoms with E-state index < -0.39 is 10.0 Å². The Balaban J connectivity index is 1.57. The first-order valence-electron chi connectivity index (χ1n) is 10.5. The molecule has 1 N–H and O–H groups in total. The van der Waals surface area contributed by atoms with Crippen molar-refractivity contribution in [3.63, 3.8) is 0 Å². The van der Waals surface area contributed by atoms with Crippen molar-refractivity contribution in [1.29, 1.82) is 0 Å². The fraction of sp³-hybridized carbons (Fsp3) is 0.435. The Labute approximate surface area is 184 Å². The van der Waals surface area contributed by atoms with Gasteiger partial charge in [-0.05, 0) is 49.1 Å². The zero-order valence-electron chi connectivity index (χ0n) is 18.1. The van der Waals surface area contributed by atoms with Gasteiger partial charge in [0.1, 0.15) is 0 Å². The van der Waals surface area contributed by atoms with Gasteiger partial charge >= 0.3 is 0 Å². The summed E-state index contributed by atoms with van der Waals surface area (Å²) in [5.41, 5.74) is 1.54. The van der Waals surface area contributed by atoms with Crippen molar-refractivity contribution in [2.24, 2.45) is 0 Å². The van der Waals surface area contributed by atoms with Crippen LogP contribution in [0.2, 0.25) is 0 Å². The molecule has 7 nitrogen and oxygen atoms in total.